The summed E-state index contributed by atoms with van der Waals surface area (Å²) in [5, 5.41) is 3.58. The van der Waals surface area contributed by atoms with Crippen LogP contribution >= 0.6 is 0 Å². The number of hydrogen-bond donors (Lipinski definition) is 2. The van der Waals surface area contributed by atoms with Crippen molar-refractivity contribution >= 4 is 28.7 Å². The first-order valence-corrected chi connectivity index (χ1v) is 13.9. The summed E-state index contributed by atoms with van der Waals surface area (Å²) in [6, 6.07) is 23.6. The molecule has 1 amide bonds. The molecule has 1 fully saturated rings. The molecule has 7 nitrogen and oxygen atoms in total. The maximum absolute atomic E-state index is 13.2. The average molecular weight is 539 g/mol. The number of aromatic nitrogens is 1. The molecule has 1 heterocycles. The molecule has 0 aliphatic heterocycles. The van der Waals surface area contributed by atoms with Crippen LogP contribution in [0.25, 0.3) is 10.9 Å². The van der Waals surface area contributed by atoms with Gasteiger partial charge in [-0.25, -0.2) is 9.59 Å². The summed E-state index contributed by atoms with van der Waals surface area (Å²) < 4.78 is 10.8. The molecule has 1 atom stereocenters. The molecular weight excluding hydrogens is 504 g/mol. The minimum atomic E-state index is -1.04. The van der Waals surface area contributed by atoms with E-state index in [0.29, 0.717) is 11.5 Å². The lowest BCUT2D eigenvalue weighted by Crippen LogP contribution is -2.44. The minimum Gasteiger partial charge on any atom is -0.456 e. The van der Waals surface area contributed by atoms with Gasteiger partial charge >= 0.3 is 12.1 Å². The van der Waals surface area contributed by atoms with E-state index in [2.05, 4.69) is 10.3 Å². The van der Waals surface area contributed by atoms with Crippen LogP contribution in [-0.2, 0) is 27.3 Å². The number of ether oxygens (including phenoxy) is 2. The third-order valence-corrected chi connectivity index (χ3v) is 7.54. The standard InChI is InChI=1S/C33H34N2O5/c36-31(26-17-15-25(16-18-26)24-11-5-2-6-12-24)22-39-32(37)30(19-27-20-34-29-14-8-7-13-28(27)29)35-33(38)40-21-23-9-3-1-4-10-23/h1,3-4,7-10,13-18,20,24,30,34H,2,5-6,11-12,19,21-22H2,(H,35,38)/t30-/m0/s1. The molecule has 5 rings (SSSR count). The zero-order valence-electron chi connectivity index (χ0n) is 22.4. The van der Waals surface area contributed by atoms with Gasteiger partial charge in [0.05, 0.1) is 0 Å². The number of nitrogens with one attached hydrogen (secondary N) is 2. The minimum absolute atomic E-state index is 0.0663. The topological polar surface area (TPSA) is 97.5 Å². The number of rotatable bonds is 10. The number of amides is 1. The number of carbonyl (C=O) groups excluding carboxylic acids is 3. The summed E-state index contributed by atoms with van der Waals surface area (Å²) in [4.78, 5) is 41.8. The molecule has 1 aromatic heterocycles. The number of ketones is 1. The van der Waals surface area contributed by atoms with Gasteiger partial charge in [-0.2, -0.15) is 0 Å². The number of Topliss-reactive ketones (excluding diaryl/α,β-unsaturated/α-hetero) is 1. The molecule has 1 aliphatic rings. The SMILES string of the molecule is O=C(N[C@@H](Cc1c[nH]c2ccccc12)C(=O)OCC(=O)c1ccc(C2CCCCC2)cc1)OCc1ccccc1. The number of H-pyrrole nitrogens is 1. The molecular formula is C33H34N2O5. The molecule has 2 N–H and O–H groups in total. The lowest BCUT2D eigenvalue weighted by atomic mass is 9.84. The molecule has 1 saturated carbocycles. The van der Waals surface area contributed by atoms with E-state index in [0.717, 1.165) is 22.0 Å². The van der Waals surface area contributed by atoms with Gasteiger partial charge in [0.2, 0.25) is 0 Å². The van der Waals surface area contributed by atoms with E-state index < -0.39 is 24.7 Å². The Bertz CT molecular complexity index is 1440. The van der Waals surface area contributed by atoms with Crippen molar-refractivity contribution in [1.82, 2.24) is 10.3 Å². The van der Waals surface area contributed by atoms with Gasteiger partial charge in [0.25, 0.3) is 0 Å². The predicted molar refractivity (Wildman–Crippen MR) is 153 cm³/mol. The second-order valence-corrected chi connectivity index (χ2v) is 10.3. The summed E-state index contributed by atoms with van der Waals surface area (Å²) >= 11 is 0. The van der Waals surface area contributed by atoms with E-state index in [4.69, 9.17) is 9.47 Å². The predicted octanol–water partition coefficient (Wildman–Crippen LogP) is 6.48. The van der Waals surface area contributed by atoms with Gasteiger partial charge < -0.3 is 19.8 Å². The van der Waals surface area contributed by atoms with Crippen molar-refractivity contribution in [3.8, 4) is 0 Å². The molecule has 0 radical (unpaired) electrons. The number of aromatic amines is 1. The van der Waals surface area contributed by atoms with Crippen LogP contribution in [0.5, 0.6) is 0 Å². The van der Waals surface area contributed by atoms with E-state index in [1.165, 1.54) is 37.7 Å². The zero-order chi connectivity index (χ0) is 27.7. The molecule has 3 aromatic carbocycles. The first kappa shape index (κ1) is 27.2. The summed E-state index contributed by atoms with van der Waals surface area (Å²) in [7, 11) is 0. The van der Waals surface area contributed by atoms with Crippen molar-refractivity contribution < 1.29 is 23.9 Å². The van der Waals surface area contributed by atoms with Crippen molar-refractivity contribution in [2.75, 3.05) is 6.61 Å². The van der Waals surface area contributed by atoms with Crippen LogP contribution in [0.1, 0.15) is 65.1 Å². The first-order chi connectivity index (χ1) is 19.6. The van der Waals surface area contributed by atoms with Crippen molar-refractivity contribution in [2.45, 2.75) is 57.1 Å². The van der Waals surface area contributed by atoms with Crippen molar-refractivity contribution in [1.29, 1.82) is 0 Å². The fraction of sp³-hybridized carbons (Fsp3) is 0.303. The quantitative estimate of drug-likeness (QED) is 0.178. The molecule has 0 bridgehead atoms. The zero-order valence-corrected chi connectivity index (χ0v) is 22.4. The van der Waals surface area contributed by atoms with Crippen LogP contribution in [-0.4, -0.2) is 35.5 Å². The van der Waals surface area contributed by atoms with Crippen LogP contribution < -0.4 is 5.32 Å². The Kier molecular flexibility index (Phi) is 8.91. The molecule has 0 saturated heterocycles. The van der Waals surface area contributed by atoms with Crippen LogP contribution in [0.4, 0.5) is 4.79 Å². The number of fused-ring (bicyclic) bond motifs is 1. The lowest BCUT2D eigenvalue weighted by molar-refractivity contribution is -0.144. The fourth-order valence-electron chi connectivity index (χ4n) is 5.32. The first-order valence-electron chi connectivity index (χ1n) is 13.9. The molecule has 1 aliphatic carbocycles. The second kappa shape index (κ2) is 13.1. The summed E-state index contributed by atoms with van der Waals surface area (Å²) in [5.41, 5.74) is 4.34. The number of esters is 1. The van der Waals surface area contributed by atoms with Crippen molar-refractivity contribution in [3.63, 3.8) is 0 Å². The van der Waals surface area contributed by atoms with E-state index in [9.17, 15) is 14.4 Å². The van der Waals surface area contributed by atoms with Crippen LogP contribution in [0, 0.1) is 0 Å². The highest BCUT2D eigenvalue weighted by Crippen LogP contribution is 2.32. The Morgan fingerprint density at radius 3 is 2.35 bits per heavy atom. The highest BCUT2D eigenvalue weighted by Gasteiger charge is 2.26. The largest absolute Gasteiger partial charge is 0.456 e. The number of alkyl carbamates (subject to hydrolysis) is 1. The summed E-state index contributed by atoms with van der Waals surface area (Å²) in [5.74, 6) is -0.441. The number of para-hydroxylation sites is 1. The molecule has 206 valence electrons. The highest BCUT2D eigenvalue weighted by atomic mass is 16.6. The number of hydrogen-bond acceptors (Lipinski definition) is 5. The van der Waals surface area contributed by atoms with Crippen LogP contribution in [0.15, 0.2) is 85.1 Å². The lowest BCUT2D eigenvalue weighted by Gasteiger charge is -2.22. The monoisotopic (exact) mass is 538 g/mol. The van der Waals surface area contributed by atoms with E-state index in [1.54, 1.807) is 6.20 Å². The van der Waals surface area contributed by atoms with E-state index in [1.807, 2.05) is 78.9 Å². The van der Waals surface area contributed by atoms with Crippen molar-refractivity contribution in [3.05, 3.63) is 107 Å². The Morgan fingerprint density at radius 1 is 0.850 bits per heavy atom. The fourth-order valence-corrected chi connectivity index (χ4v) is 5.32. The van der Waals surface area contributed by atoms with Gasteiger partial charge in [0.15, 0.2) is 12.4 Å². The molecule has 4 aromatic rings. The Labute approximate surface area is 233 Å². The molecule has 0 unspecified atom stereocenters. The highest BCUT2D eigenvalue weighted by molar-refractivity contribution is 5.98. The maximum Gasteiger partial charge on any atom is 0.408 e. The molecule has 7 heteroatoms. The smallest absolute Gasteiger partial charge is 0.408 e. The van der Waals surface area contributed by atoms with Crippen LogP contribution in [0.3, 0.4) is 0 Å². The summed E-state index contributed by atoms with van der Waals surface area (Å²) in [6.45, 7) is -0.344. The van der Waals surface area contributed by atoms with Gasteiger partial charge in [0.1, 0.15) is 12.6 Å². The maximum atomic E-state index is 13.2. The van der Waals surface area contributed by atoms with E-state index >= 15 is 0 Å². The normalized spacial score (nSPS) is 14.4. The summed E-state index contributed by atoms with van der Waals surface area (Å²) in [6.07, 6.45) is 7.39. The number of carbonyl (C=O) groups is 3. The van der Waals surface area contributed by atoms with Crippen molar-refractivity contribution in [2.24, 2.45) is 0 Å². The average Bonchev–Trinajstić information content (AvgIpc) is 3.42. The number of benzene rings is 3. The molecule has 0 spiro atoms. The molecule has 40 heavy (non-hydrogen) atoms. The van der Waals surface area contributed by atoms with Gasteiger partial charge in [-0.15, -0.1) is 0 Å². The third-order valence-electron chi connectivity index (χ3n) is 7.54. The Morgan fingerprint density at radius 2 is 1.57 bits per heavy atom. The van der Waals surface area contributed by atoms with Gasteiger partial charge in [-0.1, -0.05) is 92.1 Å². The Balaban J connectivity index is 1.22. The van der Waals surface area contributed by atoms with Gasteiger partial charge in [0, 0.05) is 29.1 Å². The van der Waals surface area contributed by atoms with Gasteiger partial charge in [-0.3, -0.25) is 4.79 Å². The Hall–Kier alpha value is -4.39. The van der Waals surface area contributed by atoms with Crippen LogP contribution in [0.2, 0.25) is 0 Å². The van der Waals surface area contributed by atoms with E-state index in [-0.39, 0.29) is 18.8 Å². The third kappa shape index (κ3) is 6.97. The van der Waals surface area contributed by atoms with Gasteiger partial charge in [-0.05, 0) is 41.5 Å². The second-order valence-electron chi connectivity index (χ2n) is 10.3.